The van der Waals surface area contributed by atoms with Gasteiger partial charge in [-0.1, -0.05) is 0 Å². The van der Waals surface area contributed by atoms with E-state index in [1.807, 2.05) is 29.1 Å². The fourth-order valence-electron chi connectivity index (χ4n) is 2.44. The fraction of sp³-hybridized carbons (Fsp3) is 0.176. The topological polar surface area (TPSA) is 88.9 Å². The maximum Gasteiger partial charge on any atom is 0.240 e. The van der Waals surface area contributed by atoms with Crippen LogP contribution in [0.15, 0.2) is 60.0 Å². The van der Waals surface area contributed by atoms with Gasteiger partial charge in [0.15, 0.2) is 0 Å². The first-order valence-electron chi connectivity index (χ1n) is 7.91. The van der Waals surface area contributed by atoms with Crippen LogP contribution in [0.3, 0.4) is 0 Å². The summed E-state index contributed by atoms with van der Waals surface area (Å²) in [5.74, 6) is 0.821. The quantitative estimate of drug-likeness (QED) is 0.618. The number of benzene rings is 1. The molecule has 0 radical (unpaired) electrons. The first-order chi connectivity index (χ1) is 12.5. The SMILES string of the molecule is Cc1cc(F)ccc1S(=O)(=O)NCCNc1cc(-n2cccc2)ncn1. The number of anilines is 1. The molecule has 3 rings (SSSR count). The van der Waals surface area contributed by atoms with E-state index in [1.165, 1.54) is 18.5 Å². The number of sulfonamides is 1. The molecule has 0 aliphatic rings. The second kappa shape index (κ2) is 7.63. The van der Waals surface area contributed by atoms with Crippen molar-refractivity contribution in [2.24, 2.45) is 0 Å². The number of aromatic nitrogens is 3. The molecule has 7 nitrogen and oxygen atoms in total. The van der Waals surface area contributed by atoms with Crippen LogP contribution in [0.1, 0.15) is 5.56 Å². The highest BCUT2D eigenvalue weighted by Crippen LogP contribution is 2.15. The minimum Gasteiger partial charge on any atom is -0.369 e. The normalized spacial score (nSPS) is 11.5. The van der Waals surface area contributed by atoms with Crippen LogP contribution in [0.25, 0.3) is 5.82 Å². The Balaban J connectivity index is 1.58. The Morgan fingerprint density at radius 2 is 1.88 bits per heavy atom. The van der Waals surface area contributed by atoms with Gasteiger partial charge in [0.05, 0.1) is 4.90 Å². The molecule has 0 atom stereocenters. The van der Waals surface area contributed by atoms with Crippen molar-refractivity contribution in [3.05, 3.63) is 66.5 Å². The van der Waals surface area contributed by atoms with Crippen LogP contribution in [-0.4, -0.2) is 36.0 Å². The lowest BCUT2D eigenvalue weighted by Crippen LogP contribution is -2.29. The van der Waals surface area contributed by atoms with Crippen molar-refractivity contribution in [2.45, 2.75) is 11.8 Å². The third-order valence-electron chi connectivity index (χ3n) is 3.67. The van der Waals surface area contributed by atoms with E-state index in [0.717, 1.165) is 6.07 Å². The lowest BCUT2D eigenvalue weighted by atomic mass is 10.2. The molecule has 0 aliphatic heterocycles. The lowest BCUT2D eigenvalue weighted by molar-refractivity contribution is 0.581. The van der Waals surface area contributed by atoms with Gasteiger partial charge in [0.2, 0.25) is 10.0 Å². The molecular formula is C17H18FN5O2S. The number of halogens is 1. The maximum absolute atomic E-state index is 13.1. The summed E-state index contributed by atoms with van der Waals surface area (Å²) in [6, 6.07) is 9.12. The highest BCUT2D eigenvalue weighted by molar-refractivity contribution is 7.89. The Hall–Kier alpha value is -2.78. The van der Waals surface area contributed by atoms with Crippen LogP contribution >= 0.6 is 0 Å². The van der Waals surface area contributed by atoms with E-state index in [2.05, 4.69) is 20.0 Å². The van der Waals surface area contributed by atoms with Gasteiger partial charge in [-0.3, -0.25) is 0 Å². The number of rotatable bonds is 7. The van der Waals surface area contributed by atoms with Crippen LogP contribution in [0.4, 0.5) is 10.2 Å². The zero-order valence-electron chi connectivity index (χ0n) is 14.1. The summed E-state index contributed by atoms with van der Waals surface area (Å²) in [6.07, 6.45) is 5.17. The van der Waals surface area contributed by atoms with E-state index in [0.29, 0.717) is 23.7 Å². The van der Waals surface area contributed by atoms with Gasteiger partial charge in [0.25, 0.3) is 0 Å². The van der Waals surface area contributed by atoms with Gasteiger partial charge in [-0.05, 0) is 42.8 Å². The van der Waals surface area contributed by atoms with E-state index in [4.69, 9.17) is 0 Å². The van der Waals surface area contributed by atoms with Gasteiger partial charge in [-0.25, -0.2) is 27.5 Å². The van der Waals surface area contributed by atoms with Crippen LogP contribution in [0.2, 0.25) is 0 Å². The third-order valence-corrected chi connectivity index (χ3v) is 5.29. The Bertz CT molecular complexity index is 990. The molecule has 0 unspecified atom stereocenters. The van der Waals surface area contributed by atoms with E-state index >= 15 is 0 Å². The van der Waals surface area contributed by atoms with E-state index in [-0.39, 0.29) is 11.4 Å². The molecule has 0 spiro atoms. The van der Waals surface area contributed by atoms with Gasteiger partial charge in [0.1, 0.15) is 23.8 Å². The number of nitrogens with one attached hydrogen (secondary N) is 2. The molecular weight excluding hydrogens is 357 g/mol. The predicted molar refractivity (Wildman–Crippen MR) is 96.2 cm³/mol. The molecule has 2 heterocycles. The third kappa shape index (κ3) is 4.24. The van der Waals surface area contributed by atoms with Crippen molar-refractivity contribution in [1.29, 1.82) is 0 Å². The Labute approximate surface area is 151 Å². The van der Waals surface area contributed by atoms with Crippen molar-refractivity contribution >= 4 is 15.8 Å². The molecule has 0 aliphatic carbocycles. The van der Waals surface area contributed by atoms with E-state index in [9.17, 15) is 12.8 Å². The zero-order valence-corrected chi connectivity index (χ0v) is 14.9. The van der Waals surface area contributed by atoms with E-state index < -0.39 is 15.8 Å². The molecule has 0 bridgehead atoms. The van der Waals surface area contributed by atoms with Crippen LogP contribution < -0.4 is 10.0 Å². The molecule has 2 N–H and O–H groups in total. The standard InChI is InChI=1S/C17H18FN5O2S/c1-13-10-14(18)4-5-15(13)26(24,25)22-7-6-19-16-11-17(21-12-20-16)23-8-2-3-9-23/h2-5,8-12,22H,6-7H2,1H3,(H,19,20,21). The zero-order chi connectivity index (χ0) is 18.6. The summed E-state index contributed by atoms with van der Waals surface area (Å²) in [5.41, 5.74) is 0.359. The maximum atomic E-state index is 13.1. The Kier molecular flexibility index (Phi) is 5.29. The molecule has 0 saturated carbocycles. The summed E-state index contributed by atoms with van der Waals surface area (Å²) in [7, 11) is -3.70. The molecule has 0 saturated heterocycles. The minimum absolute atomic E-state index is 0.0656. The summed E-state index contributed by atoms with van der Waals surface area (Å²) in [5, 5.41) is 3.04. The molecule has 0 fully saturated rings. The van der Waals surface area contributed by atoms with Crippen molar-refractivity contribution in [3.63, 3.8) is 0 Å². The molecule has 3 aromatic rings. The van der Waals surface area contributed by atoms with Gasteiger partial charge in [0, 0.05) is 31.5 Å². The first kappa shape index (κ1) is 18.0. The number of nitrogens with zero attached hydrogens (tertiary/aromatic N) is 3. The Morgan fingerprint density at radius 3 is 2.62 bits per heavy atom. The summed E-state index contributed by atoms with van der Waals surface area (Å²) in [6.45, 7) is 2.04. The fourth-order valence-corrected chi connectivity index (χ4v) is 3.70. The van der Waals surface area contributed by atoms with Gasteiger partial charge < -0.3 is 9.88 Å². The second-order valence-electron chi connectivity index (χ2n) is 5.59. The minimum atomic E-state index is -3.70. The average Bonchev–Trinajstić information content (AvgIpc) is 3.13. The molecule has 9 heteroatoms. The monoisotopic (exact) mass is 375 g/mol. The molecule has 136 valence electrons. The Morgan fingerprint density at radius 1 is 1.12 bits per heavy atom. The molecule has 26 heavy (non-hydrogen) atoms. The van der Waals surface area contributed by atoms with Crippen LogP contribution in [0.5, 0.6) is 0 Å². The summed E-state index contributed by atoms with van der Waals surface area (Å²) >= 11 is 0. The number of aryl methyl sites for hydroxylation is 1. The van der Waals surface area contributed by atoms with Crippen LogP contribution in [-0.2, 0) is 10.0 Å². The predicted octanol–water partition coefficient (Wildman–Crippen LogP) is 2.11. The van der Waals surface area contributed by atoms with Gasteiger partial charge in [-0.15, -0.1) is 0 Å². The van der Waals surface area contributed by atoms with E-state index in [1.54, 1.807) is 13.0 Å². The molecule has 2 aromatic heterocycles. The molecule has 0 amide bonds. The summed E-state index contributed by atoms with van der Waals surface area (Å²) in [4.78, 5) is 8.35. The highest BCUT2D eigenvalue weighted by atomic mass is 32.2. The van der Waals surface area contributed by atoms with Crippen molar-refractivity contribution in [1.82, 2.24) is 19.3 Å². The van der Waals surface area contributed by atoms with Crippen molar-refractivity contribution in [3.8, 4) is 5.82 Å². The van der Waals surface area contributed by atoms with Gasteiger partial charge >= 0.3 is 0 Å². The smallest absolute Gasteiger partial charge is 0.240 e. The van der Waals surface area contributed by atoms with Crippen molar-refractivity contribution in [2.75, 3.05) is 18.4 Å². The average molecular weight is 375 g/mol. The lowest BCUT2D eigenvalue weighted by Gasteiger charge is -2.11. The molecule has 1 aromatic carbocycles. The first-order valence-corrected chi connectivity index (χ1v) is 9.39. The largest absolute Gasteiger partial charge is 0.369 e. The highest BCUT2D eigenvalue weighted by Gasteiger charge is 2.16. The number of hydrogen-bond donors (Lipinski definition) is 2. The number of hydrogen-bond acceptors (Lipinski definition) is 5. The second-order valence-corrected chi connectivity index (χ2v) is 7.32. The summed E-state index contributed by atoms with van der Waals surface area (Å²) < 4.78 is 42.0. The van der Waals surface area contributed by atoms with Gasteiger partial charge in [-0.2, -0.15) is 0 Å². The van der Waals surface area contributed by atoms with Crippen molar-refractivity contribution < 1.29 is 12.8 Å². The van der Waals surface area contributed by atoms with Crippen LogP contribution in [0, 0.1) is 12.7 Å².